The second-order valence-electron chi connectivity index (χ2n) is 5.82. The van der Waals surface area contributed by atoms with Gasteiger partial charge in [0.15, 0.2) is 0 Å². The highest BCUT2D eigenvalue weighted by atomic mass is 19.4. The van der Waals surface area contributed by atoms with Crippen LogP contribution in [0.3, 0.4) is 0 Å². The minimum atomic E-state index is -4.44. The van der Waals surface area contributed by atoms with Crippen molar-refractivity contribution in [2.45, 2.75) is 19.1 Å². The second kappa shape index (κ2) is 7.31. The van der Waals surface area contributed by atoms with Gasteiger partial charge in [-0.2, -0.15) is 13.2 Å². The fourth-order valence-electron chi connectivity index (χ4n) is 2.62. The lowest BCUT2D eigenvalue weighted by Crippen LogP contribution is -2.44. The topological polar surface area (TPSA) is 32.8 Å². The minimum absolute atomic E-state index is 0.158. The smallest absolute Gasteiger partial charge is 0.416 e. The highest BCUT2D eigenvalue weighted by Gasteiger charge is 2.34. The Labute approximate surface area is 133 Å². The third-order valence-corrected chi connectivity index (χ3v) is 4.05. The second-order valence-corrected chi connectivity index (χ2v) is 5.82. The summed E-state index contributed by atoms with van der Waals surface area (Å²) < 4.78 is 44.5. The molecule has 0 amide bonds. The van der Waals surface area contributed by atoms with E-state index in [1.165, 1.54) is 13.2 Å². The molecule has 1 aliphatic heterocycles. The van der Waals surface area contributed by atoms with Crippen LogP contribution in [0.15, 0.2) is 18.2 Å². The summed E-state index contributed by atoms with van der Waals surface area (Å²) in [5, 5.41) is 0. The molecule has 0 saturated carbocycles. The van der Waals surface area contributed by atoms with Gasteiger partial charge in [0.05, 0.1) is 19.1 Å². The van der Waals surface area contributed by atoms with Crippen molar-refractivity contribution in [2.24, 2.45) is 0 Å². The number of piperazine rings is 1. The zero-order chi connectivity index (χ0) is 17.0. The van der Waals surface area contributed by atoms with Crippen molar-refractivity contribution in [2.75, 3.05) is 40.3 Å². The predicted molar refractivity (Wildman–Crippen MR) is 79.9 cm³/mol. The number of rotatable bonds is 4. The number of ether oxygens (including phenoxy) is 1. The van der Waals surface area contributed by atoms with Crippen LogP contribution < -0.4 is 0 Å². The molecule has 1 aromatic carbocycles. The summed E-state index contributed by atoms with van der Waals surface area (Å²) in [5.41, 5.74) is -0.111. The van der Waals surface area contributed by atoms with Crippen molar-refractivity contribution >= 4 is 5.97 Å². The molecule has 1 fully saturated rings. The van der Waals surface area contributed by atoms with Gasteiger partial charge in [0.2, 0.25) is 0 Å². The van der Waals surface area contributed by atoms with E-state index in [1.807, 2.05) is 11.9 Å². The summed E-state index contributed by atoms with van der Waals surface area (Å²) in [5.74, 6) is -0.551. The number of halogens is 3. The van der Waals surface area contributed by atoms with Gasteiger partial charge in [-0.05, 0) is 24.2 Å². The largest absolute Gasteiger partial charge is 0.469 e. The van der Waals surface area contributed by atoms with E-state index >= 15 is 0 Å². The molecule has 1 aliphatic rings. The van der Waals surface area contributed by atoms with Crippen LogP contribution in [-0.2, 0) is 28.7 Å². The molecule has 0 aromatic heterocycles. The van der Waals surface area contributed by atoms with Crippen molar-refractivity contribution in [1.29, 1.82) is 0 Å². The zero-order valence-electron chi connectivity index (χ0n) is 13.3. The van der Waals surface area contributed by atoms with Gasteiger partial charge in [0, 0.05) is 32.7 Å². The Morgan fingerprint density at radius 2 is 1.87 bits per heavy atom. The van der Waals surface area contributed by atoms with Crippen LogP contribution in [0.1, 0.15) is 16.7 Å². The monoisotopic (exact) mass is 330 g/mol. The average molecular weight is 330 g/mol. The number of alkyl halides is 3. The first-order chi connectivity index (χ1) is 10.8. The Bertz CT molecular complexity index is 553. The number of hydrogen-bond donors (Lipinski definition) is 0. The number of likely N-dealkylation sites (N-methyl/N-ethyl adjacent to an activating group) is 1. The molecule has 1 heterocycles. The van der Waals surface area contributed by atoms with Crippen LogP contribution >= 0.6 is 0 Å². The molecular weight excluding hydrogens is 309 g/mol. The molecule has 2 rings (SSSR count). The van der Waals surface area contributed by atoms with Gasteiger partial charge in [-0.1, -0.05) is 12.1 Å². The molecule has 0 spiro atoms. The van der Waals surface area contributed by atoms with Crippen LogP contribution in [0.25, 0.3) is 0 Å². The Balaban J connectivity index is 2.19. The maximum Gasteiger partial charge on any atom is 0.416 e. The Morgan fingerprint density at radius 3 is 2.43 bits per heavy atom. The van der Waals surface area contributed by atoms with Gasteiger partial charge < -0.3 is 9.64 Å². The highest BCUT2D eigenvalue weighted by molar-refractivity contribution is 5.72. The third kappa shape index (κ3) is 4.94. The maximum atomic E-state index is 13.3. The molecule has 0 radical (unpaired) electrons. The SMILES string of the molecule is COC(=O)Cc1ccc(CN2CCN(C)CC2)c(C(F)(F)F)c1. The molecule has 4 nitrogen and oxygen atoms in total. The molecular formula is C16H21F3N2O2. The molecule has 0 aliphatic carbocycles. The fraction of sp³-hybridized carbons (Fsp3) is 0.562. The summed E-state index contributed by atoms with van der Waals surface area (Å²) in [6.07, 6.45) is -4.59. The lowest BCUT2D eigenvalue weighted by atomic mass is 10.0. The number of hydrogen-bond acceptors (Lipinski definition) is 4. The third-order valence-electron chi connectivity index (χ3n) is 4.05. The molecule has 0 unspecified atom stereocenters. The van der Waals surface area contributed by atoms with Crippen LogP contribution in [0, 0.1) is 0 Å². The van der Waals surface area contributed by atoms with Crippen LogP contribution in [0.2, 0.25) is 0 Å². The molecule has 0 N–H and O–H groups in total. The molecule has 0 bridgehead atoms. The number of carbonyl (C=O) groups is 1. The number of nitrogens with zero attached hydrogens (tertiary/aromatic N) is 2. The molecule has 1 aromatic rings. The van der Waals surface area contributed by atoms with Crippen LogP contribution in [0.4, 0.5) is 13.2 Å². The standard InChI is InChI=1S/C16H21F3N2O2/c1-20-5-7-21(8-6-20)11-13-4-3-12(10-15(22)23-2)9-14(13)16(17,18)19/h3-4,9H,5-8,10-11H2,1-2H3. The highest BCUT2D eigenvalue weighted by Crippen LogP contribution is 2.33. The van der Waals surface area contributed by atoms with E-state index in [1.54, 1.807) is 6.07 Å². The van der Waals surface area contributed by atoms with Gasteiger partial charge >= 0.3 is 12.1 Å². The first-order valence-electron chi connectivity index (χ1n) is 7.46. The molecule has 23 heavy (non-hydrogen) atoms. The summed E-state index contributed by atoms with van der Waals surface area (Å²) in [6, 6.07) is 4.10. The van der Waals surface area contributed by atoms with Gasteiger partial charge in [0.25, 0.3) is 0 Å². The maximum absolute atomic E-state index is 13.3. The van der Waals surface area contributed by atoms with E-state index in [2.05, 4.69) is 9.64 Å². The summed E-state index contributed by atoms with van der Waals surface area (Å²) >= 11 is 0. The number of carbonyl (C=O) groups excluding carboxylic acids is 1. The van der Waals surface area contributed by atoms with E-state index in [-0.39, 0.29) is 18.5 Å². The summed E-state index contributed by atoms with van der Waals surface area (Å²) in [4.78, 5) is 15.4. The molecule has 1 saturated heterocycles. The quantitative estimate of drug-likeness (QED) is 0.792. The fourth-order valence-corrected chi connectivity index (χ4v) is 2.62. The van der Waals surface area contributed by atoms with Gasteiger partial charge in [0.1, 0.15) is 0 Å². The lowest BCUT2D eigenvalue weighted by Gasteiger charge is -2.33. The van der Waals surface area contributed by atoms with Crippen LogP contribution in [-0.4, -0.2) is 56.1 Å². The average Bonchev–Trinajstić information content (AvgIpc) is 2.50. The normalized spacial score (nSPS) is 17.3. The van der Waals surface area contributed by atoms with Crippen molar-refractivity contribution in [3.05, 3.63) is 34.9 Å². The summed E-state index contributed by atoms with van der Waals surface area (Å²) in [7, 11) is 3.22. The van der Waals surface area contributed by atoms with Crippen molar-refractivity contribution in [3.63, 3.8) is 0 Å². The number of methoxy groups -OCH3 is 1. The van der Waals surface area contributed by atoms with E-state index < -0.39 is 17.7 Å². The van der Waals surface area contributed by atoms with Gasteiger partial charge in [-0.3, -0.25) is 9.69 Å². The van der Waals surface area contributed by atoms with Crippen LogP contribution in [0.5, 0.6) is 0 Å². The minimum Gasteiger partial charge on any atom is -0.469 e. The lowest BCUT2D eigenvalue weighted by molar-refractivity contribution is -0.141. The Morgan fingerprint density at radius 1 is 1.22 bits per heavy atom. The van der Waals surface area contributed by atoms with E-state index in [9.17, 15) is 18.0 Å². The number of benzene rings is 1. The summed E-state index contributed by atoms with van der Waals surface area (Å²) in [6.45, 7) is 3.46. The molecule has 0 atom stereocenters. The Kier molecular flexibility index (Phi) is 5.64. The van der Waals surface area contributed by atoms with E-state index in [0.717, 1.165) is 32.2 Å². The van der Waals surface area contributed by atoms with Crippen molar-refractivity contribution in [1.82, 2.24) is 9.80 Å². The van der Waals surface area contributed by atoms with Gasteiger partial charge in [-0.25, -0.2) is 0 Å². The van der Waals surface area contributed by atoms with Crippen molar-refractivity contribution in [3.8, 4) is 0 Å². The molecule has 128 valence electrons. The van der Waals surface area contributed by atoms with E-state index in [0.29, 0.717) is 5.56 Å². The van der Waals surface area contributed by atoms with Crippen molar-refractivity contribution < 1.29 is 22.7 Å². The Hall–Kier alpha value is -1.60. The molecule has 7 heteroatoms. The first-order valence-corrected chi connectivity index (χ1v) is 7.46. The predicted octanol–water partition coefficient (Wildman–Crippen LogP) is 2.17. The first kappa shape index (κ1) is 17.7. The van der Waals surface area contributed by atoms with E-state index in [4.69, 9.17) is 0 Å². The zero-order valence-corrected chi connectivity index (χ0v) is 13.3. The van der Waals surface area contributed by atoms with Gasteiger partial charge in [-0.15, -0.1) is 0 Å². The number of esters is 1.